The molecule has 0 bridgehead atoms. The standard InChI is InChI=1S/C12H11F2N3O/c13-9-2-1-8(10(14)7-9)3-4-15-11-12(18)17-6-5-16-11/h1-2,5-7H,3-4H2,(H,15,16)(H,17,18). The smallest absolute Gasteiger partial charge is 0.290 e. The predicted octanol–water partition coefficient (Wildman–Crippen LogP) is 1.70. The number of nitrogens with one attached hydrogen (secondary N) is 2. The second-order valence-corrected chi connectivity index (χ2v) is 3.68. The maximum absolute atomic E-state index is 13.3. The maximum Gasteiger partial charge on any atom is 0.290 e. The van der Waals surface area contributed by atoms with Gasteiger partial charge in [0, 0.05) is 25.0 Å². The zero-order valence-corrected chi connectivity index (χ0v) is 9.41. The van der Waals surface area contributed by atoms with E-state index in [1.54, 1.807) is 0 Å². The normalized spacial score (nSPS) is 10.3. The largest absolute Gasteiger partial charge is 0.365 e. The van der Waals surface area contributed by atoms with E-state index in [1.807, 2.05) is 0 Å². The highest BCUT2D eigenvalue weighted by atomic mass is 19.1. The van der Waals surface area contributed by atoms with E-state index in [1.165, 1.54) is 24.5 Å². The summed E-state index contributed by atoms with van der Waals surface area (Å²) in [7, 11) is 0. The number of aromatic amines is 1. The first-order valence-corrected chi connectivity index (χ1v) is 5.38. The minimum absolute atomic E-state index is 0.181. The molecule has 2 rings (SSSR count). The van der Waals surface area contributed by atoms with Crippen molar-refractivity contribution >= 4 is 5.82 Å². The Morgan fingerprint density at radius 2 is 2.17 bits per heavy atom. The zero-order valence-electron chi connectivity index (χ0n) is 9.41. The van der Waals surface area contributed by atoms with E-state index < -0.39 is 11.6 Å². The number of H-pyrrole nitrogens is 1. The lowest BCUT2D eigenvalue weighted by Crippen LogP contribution is -2.17. The summed E-state index contributed by atoms with van der Waals surface area (Å²) in [5.41, 5.74) is 0.0494. The first kappa shape index (κ1) is 12.2. The Morgan fingerprint density at radius 3 is 2.89 bits per heavy atom. The molecule has 1 aromatic carbocycles. The molecule has 0 radical (unpaired) electrons. The second kappa shape index (κ2) is 5.39. The van der Waals surface area contributed by atoms with E-state index in [9.17, 15) is 13.6 Å². The second-order valence-electron chi connectivity index (χ2n) is 3.68. The van der Waals surface area contributed by atoms with E-state index in [2.05, 4.69) is 15.3 Å². The van der Waals surface area contributed by atoms with Crippen LogP contribution in [0.4, 0.5) is 14.6 Å². The van der Waals surface area contributed by atoms with Gasteiger partial charge in [0.1, 0.15) is 11.6 Å². The van der Waals surface area contributed by atoms with Gasteiger partial charge < -0.3 is 10.3 Å². The molecule has 0 saturated carbocycles. The third-order valence-electron chi connectivity index (χ3n) is 2.41. The fraction of sp³-hybridized carbons (Fsp3) is 0.167. The van der Waals surface area contributed by atoms with Crippen molar-refractivity contribution in [1.82, 2.24) is 9.97 Å². The van der Waals surface area contributed by atoms with Crippen LogP contribution in [-0.4, -0.2) is 16.5 Å². The van der Waals surface area contributed by atoms with Crippen molar-refractivity contribution in [1.29, 1.82) is 0 Å². The van der Waals surface area contributed by atoms with Crippen molar-refractivity contribution in [3.8, 4) is 0 Å². The highest BCUT2D eigenvalue weighted by Gasteiger charge is 2.04. The number of benzene rings is 1. The van der Waals surface area contributed by atoms with Crippen molar-refractivity contribution < 1.29 is 8.78 Å². The van der Waals surface area contributed by atoms with Gasteiger partial charge in [-0.05, 0) is 18.1 Å². The van der Waals surface area contributed by atoms with Gasteiger partial charge in [0.25, 0.3) is 5.56 Å². The quantitative estimate of drug-likeness (QED) is 0.869. The van der Waals surface area contributed by atoms with Crippen LogP contribution in [0.5, 0.6) is 0 Å². The Bertz CT molecular complexity index is 598. The molecule has 1 aromatic heterocycles. The molecule has 2 aromatic rings. The summed E-state index contributed by atoms with van der Waals surface area (Å²) in [6.07, 6.45) is 3.21. The van der Waals surface area contributed by atoms with Crippen LogP contribution in [0.3, 0.4) is 0 Å². The molecule has 4 nitrogen and oxygen atoms in total. The molecular formula is C12H11F2N3O. The lowest BCUT2D eigenvalue weighted by Gasteiger charge is -2.05. The molecule has 1 heterocycles. The molecule has 6 heteroatoms. The molecule has 0 unspecified atom stereocenters. The summed E-state index contributed by atoms with van der Waals surface area (Å²) in [6.45, 7) is 0.336. The van der Waals surface area contributed by atoms with Crippen LogP contribution < -0.4 is 10.9 Å². The fourth-order valence-electron chi connectivity index (χ4n) is 1.52. The Balaban J connectivity index is 1.97. The van der Waals surface area contributed by atoms with Gasteiger partial charge >= 0.3 is 0 Å². The number of halogens is 2. The Labute approximate surface area is 102 Å². The third-order valence-corrected chi connectivity index (χ3v) is 2.41. The lowest BCUT2D eigenvalue weighted by molar-refractivity contribution is 0.572. The van der Waals surface area contributed by atoms with E-state index in [0.717, 1.165) is 6.07 Å². The highest BCUT2D eigenvalue weighted by molar-refractivity contribution is 5.30. The fourth-order valence-corrected chi connectivity index (χ4v) is 1.52. The van der Waals surface area contributed by atoms with Crippen LogP contribution in [0.2, 0.25) is 0 Å². The summed E-state index contributed by atoms with van der Waals surface area (Å²) in [5, 5.41) is 2.79. The number of aromatic nitrogens is 2. The number of nitrogens with zero attached hydrogens (tertiary/aromatic N) is 1. The monoisotopic (exact) mass is 251 g/mol. The molecule has 2 N–H and O–H groups in total. The van der Waals surface area contributed by atoms with Gasteiger partial charge in [-0.3, -0.25) is 4.79 Å². The first-order chi connectivity index (χ1) is 8.66. The van der Waals surface area contributed by atoms with Crippen LogP contribution in [0.1, 0.15) is 5.56 Å². The lowest BCUT2D eigenvalue weighted by atomic mass is 10.1. The summed E-state index contributed by atoms with van der Waals surface area (Å²) < 4.78 is 26.0. The summed E-state index contributed by atoms with van der Waals surface area (Å²) in [5.74, 6) is -1.02. The Morgan fingerprint density at radius 1 is 1.33 bits per heavy atom. The van der Waals surface area contributed by atoms with E-state index >= 15 is 0 Å². The van der Waals surface area contributed by atoms with Crippen molar-refractivity contribution in [2.45, 2.75) is 6.42 Å². The van der Waals surface area contributed by atoms with Gasteiger partial charge in [0.2, 0.25) is 0 Å². The number of hydrogen-bond acceptors (Lipinski definition) is 3. The van der Waals surface area contributed by atoms with Gasteiger partial charge in [-0.2, -0.15) is 0 Å². The minimum atomic E-state index is -0.606. The molecule has 18 heavy (non-hydrogen) atoms. The van der Waals surface area contributed by atoms with Gasteiger partial charge in [0.05, 0.1) is 0 Å². The SMILES string of the molecule is O=c1[nH]ccnc1NCCc1ccc(F)cc1F. The molecule has 0 amide bonds. The van der Waals surface area contributed by atoms with Crippen LogP contribution in [-0.2, 0) is 6.42 Å². The molecule has 94 valence electrons. The van der Waals surface area contributed by atoms with Crippen LogP contribution in [0.25, 0.3) is 0 Å². The summed E-state index contributed by atoms with van der Waals surface area (Å²) >= 11 is 0. The van der Waals surface area contributed by atoms with Crippen molar-refractivity contribution in [3.05, 3.63) is 58.1 Å². The van der Waals surface area contributed by atoms with Crippen molar-refractivity contribution in [3.63, 3.8) is 0 Å². The van der Waals surface area contributed by atoms with Crippen LogP contribution in [0, 0.1) is 11.6 Å². The van der Waals surface area contributed by atoms with E-state index in [-0.39, 0.29) is 11.4 Å². The summed E-state index contributed by atoms with van der Waals surface area (Å²) in [4.78, 5) is 17.6. The highest BCUT2D eigenvalue weighted by Crippen LogP contribution is 2.10. The van der Waals surface area contributed by atoms with Gasteiger partial charge in [-0.15, -0.1) is 0 Å². The zero-order chi connectivity index (χ0) is 13.0. The molecule has 0 aliphatic carbocycles. The molecule has 0 fully saturated rings. The first-order valence-electron chi connectivity index (χ1n) is 5.38. The maximum atomic E-state index is 13.3. The average molecular weight is 251 g/mol. The average Bonchev–Trinajstić information content (AvgIpc) is 2.34. The van der Waals surface area contributed by atoms with Crippen LogP contribution in [0.15, 0.2) is 35.4 Å². The number of anilines is 1. The summed E-state index contributed by atoms with van der Waals surface area (Å²) in [6, 6.07) is 3.42. The molecule has 0 atom stereocenters. The van der Waals surface area contributed by atoms with Gasteiger partial charge in [-0.1, -0.05) is 6.07 Å². The number of rotatable bonds is 4. The molecule has 0 saturated heterocycles. The third kappa shape index (κ3) is 2.91. The van der Waals surface area contributed by atoms with Gasteiger partial charge in [-0.25, -0.2) is 13.8 Å². The van der Waals surface area contributed by atoms with E-state index in [0.29, 0.717) is 18.5 Å². The topological polar surface area (TPSA) is 57.8 Å². The van der Waals surface area contributed by atoms with Crippen molar-refractivity contribution in [2.24, 2.45) is 0 Å². The molecule has 0 aliphatic rings. The van der Waals surface area contributed by atoms with Gasteiger partial charge in [0.15, 0.2) is 5.82 Å². The molecule has 0 spiro atoms. The predicted molar refractivity (Wildman–Crippen MR) is 63.4 cm³/mol. The Hall–Kier alpha value is -2.24. The molecular weight excluding hydrogens is 240 g/mol. The Kier molecular flexibility index (Phi) is 3.66. The number of hydrogen-bond donors (Lipinski definition) is 2. The molecule has 0 aliphatic heterocycles. The minimum Gasteiger partial charge on any atom is -0.365 e. The van der Waals surface area contributed by atoms with Crippen LogP contribution >= 0.6 is 0 Å². The van der Waals surface area contributed by atoms with E-state index in [4.69, 9.17) is 0 Å². The van der Waals surface area contributed by atoms with Crippen molar-refractivity contribution in [2.75, 3.05) is 11.9 Å².